The summed E-state index contributed by atoms with van der Waals surface area (Å²) in [7, 11) is 0. The fourth-order valence-electron chi connectivity index (χ4n) is 3.73. The zero-order valence-corrected chi connectivity index (χ0v) is 19.8. The van der Waals surface area contributed by atoms with E-state index in [0.29, 0.717) is 0 Å². The molecule has 0 bridgehead atoms. The maximum absolute atomic E-state index is 2.25. The van der Waals surface area contributed by atoms with Crippen molar-refractivity contribution in [1.82, 2.24) is 0 Å². The summed E-state index contributed by atoms with van der Waals surface area (Å²) in [4.78, 5) is 0. The average Bonchev–Trinajstić information content (AvgIpc) is 2.87. The van der Waals surface area contributed by atoms with Gasteiger partial charge in [0.1, 0.15) is 0 Å². The molecule has 0 radical (unpaired) electrons. The smallest absolute Gasteiger partial charge is 0.0119 e. The van der Waals surface area contributed by atoms with Crippen molar-refractivity contribution in [3.63, 3.8) is 0 Å². The van der Waals surface area contributed by atoms with E-state index in [0.717, 1.165) is 24.3 Å². The fraction of sp³-hybridized carbons (Fsp3) is 0.125. The van der Waals surface area contributed by atoms with Crippen LogP contribution in [-0.4, -0.2) is 11.5 Å². The molecular formula is C32H30S. The van der Waals surface area contributed by atoms with Crippen LogP contribution in [0.1, 0.15) is 33.4 Å². The molecule has 33 heavy (non-hydrogen) atoms. The molecule has 0 aromatic heterocycles. The zero-order chi connectivity index (χ0) is 22.6. The second kappa shape index (κ2) is 12.7. The number of hydrogen-bond acceptors (Lipinski definition) is 1. The van der Waals surface area contributed by atoms with Crippen molar-refractivity contribution in [1.29, 1.82) is 0 Å². The Morgan fingerprint density at radius 2 is 0.788 bits per heavy atom. The number of hydrogen-bond donors (Lipinski definition) is 0. The highest BCUT2D eigenvalue weighted by Crippen LogP contribution is 2.14. The SMILES string of the molecule is C(=Cc1ccc(Cc2ccccc2)cc1)CSCC=Cc1ccc(Cc2ccccc2)cc1. The molecular weight excluding hydrogens is 416 g/mol. The van der Waals surface area contributed by atoms with Gasteiger partial charge in [-0.3, -0.25) is 0 Å². The Kier molecular flexibility index (Phi) is 8.79. The average molecular weight is 447 g/mol. The highest BCUT2D eigenvalue weighted by molar-refractivity contribution is 7.99. The van der Waals surface area contributed by atoms with Crippen molar-refractivity contribution in [2.45, 2.75) is 12.8 Å². The highest BCUT2D eigenvalue weighted by atomic mass is 32.2. The molecule has 0 aliphatic carbocycles. The summed E-state index contributed by atoms with van der Waals surface area (Å²) >= 11 is 1.93. The molecule has 0 aliphatic heterocycles. The molecule has 4 aromatic rings. The van der Waals surface area contributed by atoms with Crippen LogP contribution in [0.2, 0.25) is 0 Å². The molecule has 0 atom stereocenters. The number of thioether (sulfide) groups is 1. The Morgan fingerprint density at radius 1 is 0.424 bits per heavy atom. The second-order valence-corrected chi connectivity index (χ2v) is 9.23. The van der Waals surface area contributed by atoms with Crippen LogP contribution in [0.25, 0.3) is 12.2 Å². The third-order valence-corrected chi connectivity index (χ3v) is 6.37. The van der Waals surface area contributed by atoms with Crippen LogP contribution in [-0.2, 0) is 12.8 Å². The van der Waals surface area contributed by atoms with Crippen molar-refractivity contribution in [3.05, 3.63) is 155 Å². The first-order chi connectivity index (χ1) is 16.3. The summed E-state index contributed by atoms with van der Waals surface area (Å²) in [6, 6.07) is 39.0. The Bertz CT molecular complexity index is 1040. The van der Waals surface area contributed by atoms with Gasteiger partial charge in [-0.2, -0.15) is 11.8 Å². The molecule has 4 aromatic carbocycles. The lowest BCUT2D eigenvalue weighted by atomic mass is 10.0. The minimum atomic E-state index is 0.989. The third kappa shape index (κ3) is 7.97. The van der Waals surface area contributed by atoms with Crippen molar-refractivity contribution in [2.24, 2.45) is 0 Å². The van der Waals surface area contributed by atoms with E-state index in [1.54, 1.807) is 0 Å². The normalized spacial score (nSPS) is 11.4. The van der Waals surface area contributed by atoms with Gasteiger partial charge in [0.2, 0.25) is 0 Å². The Balaban J connectivity index is 1.15. The van der Waals surface area contributed by atoms with E-state index in [9.17, 15) is 0 Å². The van der Waals surface area contributed by atoms with Crippen LogP contribution in [0.3, 0.4) is 0 Å². The van der Waals surface area contributed by atoms with E-state index in [2.05, 4.69) is 133 Å². The van der Waals surface area contributed by atoms with Gasteiger partial charge >= 0.3 is 0 Å². The minimum Gasteiger partial charge on any atom is -0.154 e. The molecule has 0 fully saturated rings. The molecule has 0 heterocycles. The van der Waals surface area contributed by atoms with Gasteiger partial charge in [0.25, 0.3) is 0 Å². The van der Waals surface area contributed by atoms with E-state index >= 15 is 0 Å². The molecule has 0 nitrogen and oxygen atoms in total. The maximum atomic E-state index is 2.25. The lowest BCUT2D eigenvalue weighted by Crippen LogP contribution is -1.87. The van der Waals surface area contributed by atoms with Gasteiger partial charge in [-0.15, -0.1) is 0 Å². The summed E-state index contributed by atoms with van der Waals surface area (Å²) < 4.78 is 0. The van der Waals surface area contributed by atoms with E-state index in [1.165, 1.54) is 33.4 Å². The Morgan fingerprint density at radius 3 is 1.18 bits per heavy atom. The molecule has 0 saturated carbocycles. The molecule has 0 spiro atoms. The Hall–Kier alpha value is -3.29. The molecule has 164 valence electrons. The second-order valence-electron chi connectivity index (χ2n) is 8.15. The fourth-order valence-corrected chi connectivity index (χ4v) is 4.33. The predicted molar refractivity (Wildman–Crippen MR) is 147 cm³/mol. The van der Waals surface area contributed by atoms with Gasteiger partial charge in [-0.25, -0.2) is 0 Å². The molecule has 0 amide bonds. The van der Waals surface area contributed by atoms with Gasteiger partial charge in [0.05, 0.1) is 0 Å². The zero-order valence-electron chi connectivity index (χ0n) is 18.9. The largest absolute Gasteiger partial charge is 0.154 e. The van der Waals surface area contributed by atoms with Gasteiger partial charge in [0, 0.05) is 11.5 Å². The summed E-state index contributed by atoms with van der Waals surface area (Å²) in [6.45, 7) is 0. The van der Waals surface area contributed by atoms with Crippen molar-refractivity contribution in [3.8, 4) is 0 Å². The maximum Gasteiger partial charge on any atom is 0.0119 e. The van der Waals surface area contributed by atoms with Crippen molar-refractivity contribution >= 4 is 23.9 Å². The summed E-state index contributed by atoms with van der Waals surface area (Å²) in [5.41, 5.74) is 7.94. The van der Waals surface area contributed by atoms with Crippen LogP contribution in [0, 0.1) is 0 Å². The van der Waals surface area contributed by atoms with Crippen LogP contribution in [0.4, 0.5) is 0 Å². The predicted octanol–water partition coefficient (Wildman–Crippen LogP) is 8.33. The van der Waals surface area contributed by atoms with Gasteiger partial charge in [-0.1, -0.05) is 133 Å². The first kappa shape index (κ1) is 22.9. The summed E-state index contributed by atoms with van der Waals surface area (Å²) in [6.07, 6.45) is 10.9. The van der Waals surface area contributed by atoms with E-state index in [4.69, 9.17) is 0 Å². The first-order valence-corrected chi connectivity index (χ1v) is 12.7. The van der Waals surface area contributed by atoms with Gasteiger partial charge in [-0.05, 0) is 46.2 Å². The van der Waals surface area contributed by atoms with E-state index in [1.807, 2.05) is 11.8 Å². The lowest BCUT2D eigenvalue weighted by Gasteiger charge is -2.02. The Labute approximate surface area is 202 Å². The van der Waals surface area contributed by atoms with Crippen LogP contribution >= 0.6 is 11.8 Å². The third-order valence-electron chi connectivity index (χ3n) is 5.51. The minimum absolute atomic E-state index is 0.989. The lowest BCUT2D eigenvalue weighted by molar-refractivity contribution is 1.19. The highest BCUT2D eigenvalue weighted by Gasteiger charge is 1.97. The standard InChI is InChI=1S/C32H30S/c1-3-9-29(10-4-1)25-31-19-15-27(16-20-31)13-7-23-33-24-8-14-28-17-21-32(22-18-28)26-30-11-5-2-6-12-30/h1-22H,23-26H2. The van der Waals surface area contributed by atoms with Crippen molar-refractivity contribution < 1.29 is 0 Å². The van der Waals surface area contributed by atoms with Gasteiger partial charge in [0.15, 0.2) is 0 Å². The quantitative estimate of drug-likeness (QED) is 0.221. The first-order valence-electron chi connectivity index (χ1n) is 11.5. The van der Waals surface area contributed by atoms with E-state index in [-0.39, 0.29) is 0 Å². The topological polar surface area (TPSA) is 0 Å². The van der Waals surface area contributed by atoms with Crippen LogP contribution < -0.4 is 0 Å². The molecule has 0 unspecified atom stereocenters. The number of benzene rings is 4. The molecule has 0 saturated heterocycles. The van der Waals surface area contributed by atoms with Crippen LogP contribution in [0.15, 0.2) is 121 Å². The molecule has 1 heteroatoms. The van der Waals surface area contributed by atoms with E-state index < -0.39 is 0 Å². The number of rotatable bonds is 10. The summed E-state index contributed by atoms with van der Waals surface area (Å²) in [5, 5.41) is 0. The molecule has 0 N–H and O–H groups in total. The van der Waals surface area contributed by atoms with Gasteiger partial charge < -0.3 is 0 Å². The van der Waals surface area contributed by atoms with Crippen molar-refractivity contribution in [2.75, 3.05) is 11.5 Å². The summed E-state index contributed by atoms with van der Waals surface area (Å²) in [5.74, 6) is 2.04. The molecule has 4 rings (SSSR count). The molecule has 0 aliphatic rings. The monoisotopic (exact) mass is 446 g/mol. The van der Waals surface area contributed by atoms with Crippen LogP contribution in [0.5, 0.6) is 0 Å².